The molecule has 2 amide bonds. The number of amides is 2. The molecule has 0 saturated heterocycles. The third-order valence-corrected chi connectivity index (χ3v) is 6.59. The van der Waals surface area contributed by atoms with Crippen molar-refractivity contribution in [2.24, 2.45) is 0 Å². The van der Waals surface area contributed by atoms with Crippen LogP contribution in [0.15, 0.2) is 42.5 Å². The Balaban J connectivity index is 1.79. The summed E-state index contributed by atoms with van der Waals surface area (Å²) in [5.41, 5.74) is 2.40. The molecule has 0 spiro atoms. The van der Waals surface area contributed by atoms with Crippen LogP contribution in [0.3, 0.4) is 0 Å². The highest BCUT2D eigenvalue weighted by Gasteiger charge is 2.12. The number of unbranched alkanes of at least 4 members (excludes halogenated alkanes) is 7. The highest BCUT2D eigenvalue weighted by molar-refractivity contribution is 7.90. The molecule has 0 saturated carbocycles. The number of carbonyl (C=O) groups is 2. The summed E-state index contributed by atoms with van der Waals surface area (Å²) in [6.07, 6.45) is 11.7. The highest BCUT2D eigenvalue weighted by Crippen LogP contribution is 2.19. The van der Waals surface area contributed by atoms with E-state index in [0.717, 1.165) is 17.7 Å². The molecule has 1 unspecified atom stereocenters. The van der Waals surface area contributed by atoms with Gasteiger partial charge in [0.25, 0.3) is 11.8 Å². The topological polar surface area (TPSA) is 90.5 Å². The Bertz CT molecular complexity index is 916. The Labute approximate surface area is 213 Å². The summed E-state index contributed by atoms with van der Waals surface area (Å²) >= 11 is -0.963. The molecule has 2 rings (SSSR count). The molecule has 192 valence electrons. The average molecular weight is 501 g/mol. The van der Waals surface area contributed by atoms with Gasteiger partial charge in [-0.2, -0.15) is 0 Å². The average Bonchev–Trinajstić information content (AvgIpc) is 2.84. The van der Waals surface area contributed by atoms with Gasteiger partial charge in [-0.05, 0) is 55.3 Å². The largest absolute Gasteiger partial charge is 0.617 e. The van der Waals surface area contributed by atoms with Crippen LogP contribution in [0.4, 0.5) is 5.69 Å². The van der Waals surface area contributed by atoms with Gasteiger partial charge >= 0.3 is 0 Å². The zero-order valence-electron chi connectivity index (χ0n) is 21.4. The molecule has 0 aromatic heterocycles. The van der Waals surface area contributed by atoms with Crippen LogP contribution < -0.4 is 15.4 Å². The van der Waals surface area contributed by atoms with Crippen LogP contribution in [0, 0.1) is 6.92 Å². The smallest absolute Gasteiger partial charge is 0.255 e. The van der Waals surface area contributed by atoms with Crippen molar-refractivity contribution in [2.75, 3.05) is 30.5 Å². The Morgan fingerprint density at radius 1 is 0.886 bits per heavy atom. The van der Waals surface area contributed by atoms with Crippen LogP contribution in [0.2, 0.25) is 0 Å². The number of ether oxygens (including phenoxy) is 1. The first-order chi connectivity index (χ1) is 16.9. The summed E-state index contributed by atoms with van der Waals surface area (Å²) in [6.45, 7) is 5.13. The van der Waals surface area contributed by atoms with Gasteiger partial charge < -0.3 is 19.9 Å². The fourth-order valence-corrected chi connectivity index (χ4v) is 4.02. The van der Waals surface area contributed by atoms with Gasteiger partial charge in [0.1, 0.15) is 11.5 Å². The lowest BCUT2D eigenvalue weighted by molar-refractivity contribution is 0.0954. The van der Waals surface area contributed by atoms with E-state index in [2.05, 4.69) is 17.6 Å². The van der Waals surface area contributed by atoms with Crippen molar-refractivity contribution < 1.29 is 18.9 Å². The molecule has 7 heteroatoms. The maximum atomic E-state index is 12.7. The van der Waals surface area contributed by atoms with Crippen LogP contribution in [-0.4, -0.2) is 41.5 Å². The van der Waals surface area contributed by atoms with Gasteiger partial charge in [0.2, 0.25) is 0 Å². The van der Waals surface area contributed by atoms with Gasteiger partial charge in [0, 0.05) is 16.8 Å². The van der Waals surface area contributed by atoms with Gasteiger partial charge in [-0.15, -0.1) is 0 Å². The first-order valence-corrected chi connectivity index (χ1v) is 14.4. The predicted molar refractivity (Wildman–Crippen MR) is 145 cm³/mol. The molecule has 0 fully saturated rings. The normalized spacial score (nSPS) is 11.7. The number of nitrogens with one attached hydrogen (secondary N) is 2. The van der Waals surface area contributed by atoms with Gasteiger partial charge in [-0.3, -0.25) is 9.59 Å². The molecule has 0 aliphatic carbocycles. The van der Waals surface area contributed by atoms with Crippen molar-refractivity contribution in [3.8, 4) is 5.75 Å². The molecule has 0 aliphatic heterocycles. The van der Waals surface area contributed by atoms with Crippen molar-refractivity contribution in [2.45, 2.75) is 65.2 Å². The molecule has 6 nitrogen and oxygen atoms in total. The SMILES string of the molecule is CCCCCCCCCCOc1ccc(C(=O)Nc2cc(C(=O)NCC[S+](C)[O-])ccc2C)cc1. The molecule has 0 radical (unpaired) electrons. The molecule has 2 aromatic carbocycles. The predicted octanol–water partition coefficient (Wildman–Crippen LogP) is 5.88. The fourth-order valence-electron chi connectivity index (χ4n) is 3.63. The Morgan fingerprint density at radius 3 is 2.17 bits per heavy atom. The van der Waals surface area contributed by atoms with Crippen molar-refractivity contribution in [1.82, 2.24) is 5.32 Å². The van der Waals surface area contributed by atoms with E-state index in [1.165, 1.54) is 44.9 Å². The maximum absolute atomic E-state index is 12.7. The first kappa shape index (κ1) is 28.7. The second-order valence-electron chi connectivity index (χ2n) is 8.86. The first-order valence-electron chi connectivity index (χ1n) is 12.6. The van der Waals surface area contributed by atoms with Gasteiger partial charge in [0.05, 0.1) is 19.4 Å². The third-order valence-electron chi connectivity index (χ3n) is 5.81. The number of benzene rings is 2. The lowest BCUT2D eigenvalue weighted by Gasteiger charge is -2.12. The Kier molecular flexibility index (Phi) is 13.3. The molecule has 2 N–H and O–H groups in total. The maximum Gasteiger partial charge on any atom is 0.255 e. The third kappa shape index (κ3) is 11.2. The highest BCUT2D eigenvalue weighted by atomic mass is 32.2. The van der Waals surface area contributed by atoms with E-state index in [1.807, 2.05) is 19.1 Å². The minimum Gasteiger partial charge on any atom is -0.617 e. The summed E-state index contributed by atoms with van der Waals surface area (Å²) in [7, 11) is 0. The second kappa shape index (κ2) is 16.2. The summed E-state index contributed by atoms with van der Waals surface area (Å²) < 4.78 is 17.0. The van der Waals surface area contributed by atoms with Crippen molar-refractivity contribution >= 4 is 28.7 Å². The fraction of sp³-hybridized carbons (Fsp3) is 0.500. The molecule has 35 heavy (non-hydrogen) atoms. The van der Waals surface area contributed by atoms with Crippen LogP contribution in [0.5, 0.6) is 5.75 Å². The van der Waals surface area contributed by atoms with Crippen LogP contribution in [-0.2, 0) is 11.2 Å². The minimum absolute atomic E-state index is 0.248. The van der Waals surface area contributed by atoms with Crippen LogP contribution >= 0.6 is 0 Å². The van der Waals surface area contributed by atoms with Crippen LogP contribution in [0.1, 0.15) is 84.6 Å². The summed E-state index contributed by atoms with van der Waals surface area (Å²) in [5.74, 6) is 0.651. The zero-order chi connectivity index (χ0) is 25.5. The molecule has 2 aromatic rings. The molecule has 0 heterocycles. The van der Waals surface area contributed by atoms with E-state index >= 15 is 0 Å². The molecular weight excluding hydrogens is 460 g/mol. The Morgan fingerprint density at radius 2 is 1.51 bits per heavy atom. The van der Waals surface area contributed by atoms with Crippen LogP contribution in [0.25, 0.3) is 0 Å². The molecule has 0 aliphatic rings. The van der Waals surface area contributed by atoms with E-state index in [9.17, 15) is 14.1 Å². The van der Waals surface area contributed by atoms with Gasteiger partial charge in [0.15, 0.2) is 0 Å². The zero-order valence-corrected chi connectivity index (χ0v) is 22.2. The quantitative estimate of drug-likeness (QED) is 0.223. The van der Waals surface area contributed by atoms with E-state index < -0.39 is 11.2 Å². The van der Waals surface area contributed by atoms with Crippen molar-refractivity contribution in [3.63, 3.8) is 0 Å². The molecule has 0 bridgehead atoms. The van der Waals surface area contributed by atoms with E-state index in [4.69, 9.17) is 4.74 Å². The van der Waals surface area contributed by atoms with E-state index in [1.54, 1.807) is 36.6 Å². The van der Waals surface area contributed by atoms with E-state index in [-0.39, 0.29) is 11.8 Å². The molecule has 1 atom stereocenters. The minimum atomic E-state index is -0.963. The van der Waals surface area contributed by atoms with E-state index in [0.29, 0.717) is 35.7 Å². The number of carbonyl (C=O) groups excluding carboxylic acids is 2. The summed E-state index contributed by atoms with van der Waals surface area (Å²) in [5, 5.41) is 5.64. The number of hydrogen-bond acceptors (Lipinski definition) is 4. The van der Waals surface area contributed by atoms with Gasteiger partial charge in [-0.25, -0.2) is 0 Å². The number of anilines is 1. The lowest BCUT2D eigenvalue weighted by atomic mass is 10.1. The molecular formula is C28H40N2O4S. The van der Waals surface area contributed by atoms with Crippen molar-refractivity contribution in [1.29, 1.82) is 0 Å². The Hall–Kier alpha value is -2.51. The summed E-state index contributed by atoms with van der Waals surface area (Å²) in [6, 6.07) is 12.3. The monoisotopic (exact) mass is 500 g/mol. The number of hydrogen-bond donors (Lipinski definition) is 2. The lowest BCUT2D eigenvalue weighted by Crippen LogP contribution is -2.28. The van der Waals surface area contributed by atoms with Gasteiger partial charge in [-0.1, -0.05) is 69.1 Å². The standard InChI is InChI=1S/C28H40N2O4S/c1-4-5-6-7-8-9-10-11-19-34-25-16-14-23(15-17-25)28(32)30-26-21-24(13-12-22(26)2)27(31)29-18-20-35(3)33/h12-17,21H,4-11,18-20H2,1-3H3,(H,29,31)(H,30,32). The van der Waals surface area contributed by atoms with Crippen molar-refractivity contribution in [3.05, 3.63) is 59.2 Å². The number of rotatable bonds is 16. The summed E-state index contributed by atoms with van der Waals surface area (Å²) in [4.78, 5) is 25.1. The second-order valence-corrected chi connectivity index (χ2v) is 10.4. The number of aryl methyl sites for hydroxylation is 1.